The average molecular weight is 500 g/mol. The number of nitrogens with zero attached hydrogens (tertiary/aromatic N) is 4. The molecule has 0 bridgehead atoms. The van der Waals surface area contributed by atoms with Crippen LogP contribution in [-0.2, 0) is 11.2 Å². The Morgan fingerprint density at radius 3 is 2.73 bits per heavy atom. The Morgan fingerprint density at radius 1 is 1.30 bits per heavy atom. The van der Waals surface area contributed by atoms with Crippen molar-refractivity contribution in [3.63, 3.8) is 0 Å². The first-order valence-corrected chi connectivity index (χ1v) is 12.7. The van der Waals surface area contributed by atoms with Crippen molar-refractivity contribution in [1.29, 1.82) is 0 Å². The van der Waals surface area contributed by atoms with E-state index in [1.165, 1.54) is 17.1 Å². The van der Waals surface area contributed by atoms with E-state index in [-0.39, 0.29) is 17.4 Å². The van der Waals surface area contributed by atoms with Crippen molar-refractivity contribution in [2.24, 2.45) is 22.4 Å². The van der Waals surface area contributed by atoms with Gasteiger partial charge in [0.25, 0.3) is 0 Å². The molecule has 2 heterocycles. The molecule has 0 fully saturated rings. The van der Waals surface area contributed by atoms with Gasteiger partial charge >= 0.3 is 0 Å². The lowest BCUT2D eigenvalue weighted by Gasteiger charge is -2.30. The van der Waals surface area contributed by atoms with Gasteiger partial charge in [-0.15, -0.1) is 0 Å². The van der Waals surface area contributed by atoms with Gasteiger partial charge in [-0.25, -0.2) is 4.98 Å². The summed E-state index contributed by atoms with van der Waals surface area (Å²) in [4.78, 5) is 20.8. The third-order valence-corrected chi connectivity index (χ3v) is 6.39. The zero-order chi connectivity index (χ0) is 26.7. The highest BCUT2D eigenvalue weighted by Gasteiger charge is 2.27. The molecule has 0 saturated heterocycles. The van der Waals surface area contributed by atoms with E-state index in [9.17, 15) is 4.79 Å². The molecule has 2 aromatic heterocycles. The minimum Gasteiger partial charge on any atom is -0.404 e. The fourth-order valence-electron chi connectivity index (χ4n) is 4.85. The Hall–Kier alpha value is -4.07. The molecular formula is C29H37N7O. The van der Waals surface area contributed by atoms with E-state index in [2.05, 4.69) is 84.1 Å². The van der Waals surface area contributed by atoms with Crippen LogP contribution >= 0.6 is 0 Å². The summed E-state index contributed by atoms with van der Waals surface area (Å²) in [7, 11) is 1.71. The maximum Gasteiger partial charge on any atom is 0.226 e. The molecule has 1 aliphatic rings. The highest BCUT2D eigenvalue weighted by molar-refractivity contribution is 6.08. The Labute approximate surface area is 218 Å². The molecule has 8 nitrogen and oxygen atoms in total. The number of carbonyl (C=O) groups is 1. The van der Waals surface area contributed by atoms with Gasteiger partial charge in [-0.1, -0.05) is 25.5 Å². The van der Waals surface area contributed by atoms with Crippen LogP contribution in [0.1, 0.15) is 51.8 Å². The number of aromatic nitrogens is 3. The number of primary amides is 1. The monoisotopic (exact) mass is 499 g/mol. The number of aliphatic imine (C=N–C) groups is 1. The van der Waals surface area contributed by atoms with Gasteiger partial charge in [0.1, 0.15) is 0 Å². The number of benzene rings is 1. The quantitative estimate of drug-likeness (QED) is 0.398. The molecule has 1 atom stereocenters. The summed E-state index contributed by atoms with van der Waals surface area (Å²) >= 11 is 0. The number of hydrogen-bond donors (Lipinski definition) is 3. The van der Waals surface area contributed by atoms with Crippen LogP contribution in [0.4, 0.5) is 0 Å². The van der Waals surface area contributed by atoms with Crippen LogP contribution in [0.5, 0.6) is 0 Å². The minimum absolute atomic E-state index is 0.195. The molecule has 1 aliphatic carbocycles. The predicted molar refractivity (Wildman–Crippen MR) is 152 cm³/mol. The summed E-state index contributed by atoms with van der Waals surface area (Å²) in [6, 6.07) is 6.30. The van der Waals surface area contributed by atoms with E-state index >= 15 is 0 Å². The van der Waals surface area contributed by atoms with Crippen LogP contribution in [0.25, 0.3) is 27.9 Å². The van der Waals surface area contributed by atoms with Gasteiger partial charge in [0.15, 0.2) is 0 Å². The SMILES string of the molecule is CCCc1cn(C2=CCC(C(N)=O)C(NC(C)(C)C)=C2)c2cccc(-n3cnc(C(C=NC)=CN)c3)c12. The van der Waals surface area contributed by atoms with Gasteiger partial charge in [0.2, 0.25) is 5.91 Å². The third kappa shape index (κ3) is 5.38. The molecule has 4 rings (SSSR count). The first-order chi connectivity index (χ1) is 17.7. The molecule has 1 aromatic carbocycles. The van der Waals surface area contributed by atoms with E-state index in [0.717, 1.165) is 46.7 Å². The predicted octanol–water partition coefficient (Wildman–Crippen LogP) is 4.40. The number of carbonyl (C=O) groups excluding carboxylic acids is 1. The van der Waals surface area contributed by atoms with Crippen molar-refractivity contribution in [1.82, 2.24) is 19.4 Å². The van der Waals surface area contributed by atoms with E-state index in [4.69, 9.17) is 11.5 Å². The summed E-state index contributed by atoms with van der Waals surface area (Å²) in [5.41, 5.74) is 18.1. The number of amides is 1. The van der Waals surface area contributed by atoms with Gasteiger partial charge in [0.05, 0.1) is 29.1 Å². The van der Waals surface area contributed by atoms with Gasteiger partial charge in [-0.05, 0) is 57.4 Å². The summed E-state index contributed by atoms with van der Waals surface area (Å²) in [6.07, 6.45) is 15.9. The number of fused-ring (bicyclic) bond motifs is 1. The van der Waals surface area contributed by atoms with Crippen LogP contribution in [0.2, 0.25) is 0 Å². The lowest BCUT2D eigenvalue weighted by atomic mass is 9.92. The average Bonchev–Trinajstić information content (AvgIpc) is 3.47. The van der Waals surface area contributed by atoms with E-state index in [1.54, 1.807) is 13.3 Å². The number of hydrogen-bond acceptors (Lipinski definition) is 5. The second kappa shape index (κ2) is 10.5. The van der Waals surface area contributed by atoms with Crippen molar-refractivity contribution in [3.8, 4) is 5.69 Å². The Kier molecular flexibility index (Phi) is 7.38. The maximum atomic E-state index is 12.2. The van der Waals surface area contributed by atoms with Crippen LogP contribution < -0.4 is 16.8 Å². The van der Waals surface area contributed by atoms with Crippen LogP contribution in [0.15, 0.2) is 66.0 Å². The van der Waals surface area contributed by atoms with Crippen molar-refractivity contribution in [3.05, 3.63) is 72.2 Å². The van der Waals surface area contributed by atoms with Crippen molar-refractivity contribution >= 4 is 34.3 Å². The Bertz CT molecular complexity index is 1430. The Morgan fingerprint density at radius 2 is 2.08 bits per heavy atom. The molecular weight excluding hydrogens is 462 g/mol. The standard InChI is InChI=1S/C29H37N7O/c1-6-8-19-16-36(21-11-12-22(28(31)37)23(13-21)34-29(2,3)4)26-10-7-9-25(27(19)26)35-17-24(33-18-35)20(14-30)15-32-5/h7,9-11,13-18,22,34H,6,8,12,30H2,1-5H3,(H2,31,37). The fourth-order valence-corrected chi connectivity index (χ4v) is 4.85. The number of aryl methyl sites for hydroxylation is 1. The molecule has 3 aromatic rings. The zero-order valence-electron chi connectivity index (χ0n) is 22.3. The van der Waals surface area contributed by atoms with E-state index < -0.39 is 0 Å². The molecule has 1 amide bonds. The van der Waals surface area contributed by atoms with Gasteiger partial charge in [0, 0.05) is 59.7 Å². The largest absolute Gasteiger partial charge is 0.404 e. The highest BCUT2D eigenvalue weighted by atomic mass is 16.1. The fraction of sp³-hybridized carbons (Fsp3) is 0.345. The lowest BCUT2D eigenvalue weighted by Crippen LogP contribution is -2.41. The van der Waals surface area contributed by atoms with E-state index in [0.29, 0.717) is 6.42 Å². The normalized spacial score (nSPS) is 16.8. The first kappa shape index (κ1) is 26.0. The van der Waals surface area contributed by atoms with Gasteiger partial charge < -0.3 is 25.9 Å². The van der Waals surface area contributed by atoms with Crippen molar-refractivity contribution in [2.75, 3.05) is 7.05 Å². The number of rotatable bonds is 8. The lowest BCUT2D eigenvalue weighted by molar-refractivity contribution is -0.120. The minimum atomic E-state index is -0.365. The smallest absolute Gasteiger partial charge is 0.226 e. The third-order valence-electron chi connectivity index (χ3n) is 6.39. The summed E-state index contributed by atoms with van der Waals surface area (Å²) < 4.78 is 4.26. The number of imidazole rings is 1. The van der Waals surface area contributed by atoms with Crippen LogP contribution in [0.3, 0.4) is 0 Å². The van der Waals surface area contributed by atoms with Crippen molar-refractivity contribution < 1.29 is 4.79 Å². The molecule has 1 unspecified atom stereocenters. The maximum absolute atomic E-state index is 12.2. The first-order valence-electron chi connectivity index (χ1n) is 12.7. The second-order valence-corrected chi connectivity index (χ2v) is 10.4. The van der Waals surface area contributed by atoms with E-state index in [1.807, 2.05) is 17.1 Å². The summed E-state index contributed by atoms with van der Waals surface area (Å²) in [5, 5.41) is 4.68. The zero-order valence-corrected chi connectivity index (χ0v) is 22.3. The Balaban J connectivity index is 1.85. The molecule has 0 spiro atoms. The summed E-state index contributed by atoms with van der Waals surface area (Å²) in [6.45, 7) is 8.43. The number of nitrogens with one attached hydrogen (secondary N) is 1. The molecule has 0 radical (unpaired) electrons. The topological polar surface area (TPSA) is 116 Å². The summed E-state index contributed by atoms with van der Waals surface area (Å²) in [5.74, 6) is -0.684. The molecule has 0 saturated carbocycles. The molecule has 0 aliphatic heterocycles. The van der Waals surface area contributed by atoms with Crippen molar-refractivity contribution in [2.45, 2.75) is 52.5 Å². The molecule has 8 heteroatoms. The number of nitrogens with two attached hydrogens (primary N) is 2. The van der Waals surface area contributed by atoms with Crippen LogP contribution in [-0.4, -0.2) is 38.8 Å². The molecule has 194 valence electrons. The highest BCUT2D eigenvalue weighted by Crippen LogP contribution is 2.34. The van der Waals surface area contributed by atoms with Crippen LogP contribution in [0, 0.1) is 5.92 Å². The molecule has 5 N–H and O–H groups in total. The number of allylic oxidation sites excluding steroid dienone is 4. The van der Waals surface area contributed by atoms with Gasteiger partial charge in [-0.2, -0.15) is 0 Å². The van der Waals surface area contributed by atoms with Gasteiger partial charge in [-0.3, -0.25) is 9.79 Å². The second-order valence-electron chi connectivity index (χ2n) is 10.4. The molecule has 37 heavy (non-hydrogen) atoms.